The zero-order valence-electron chi connectivity index (χ0n) is 35.5. The van der Waals surface area contributed by atoms with Crippen LogP contribution in [0.3, 0.4) is 0 Å². The maximum absolute atomic E-state index is 6.72. The van der Waals surface area contributed by atoms with Crippen LogP contribution in [0, 0.1) is 0 Å². The molecule has 10 aromatic carbocycles. The lowest BCUT2D eigenvalue weighted by molar-refractivity contribution is 0.436. The van der Waals surface area contributed by atoms with Gasteiger partial charge in [-0.1, -0.05) is 158 Å². The third kappa shape index (κ3) is 4.43. The number of hydrogen-bond donors (Lipinski definition) is 0. The van der Waals surface area contributed by atoms with E-state index >= 15 is 0 Å². The van der Waals surface area contributed by atoms with E-state index in [1.54, 1.807) is 0 Å². The van der Waals surface area contributed by atoms with Crippen molar-refractivity contribution in [2.75, 3.05) is 4.90 Å². The van der Waals surface area contributed by atoms with Crippen molar-refractivity contribution in [3.8, 4) is 45.3 Å². The Kier molecular flexibility index (Phi) is 7.05. The molecule has 1 aromatic heterocycles. The van der Waals surface area contributed by atoms with Gasteiger partial charge in [-0.25, -0.2) is 0 Å². The van der Waals surface area contributed by atoms with Gasteiger partial charge in [0.1, 0.15) is 34.2 Å². The first-order valence-corrected chi connectivity index (χ1v) is 22.7. The van der Waals surface area contributed by atoms with Gasteiger partial charge < -0.3 is 18.8 Å². The molecule has 308 valence electrons. The lowest BCUT2D eigenvalue weighted by Gasteiger charge is -2.40. The normalized spacial score (nSPS) is 14.5. The van der Waals surface area contributed by atoms with E-state index in [-0.39, 0.29) is 0 Å². The second-order valence-corrected chi connectivity index (χ2v) is 17.8. The summed E-state index contributed by atoms with van der Waals surface area (Å²) >= 11 is 0. The monoisotopic (exact) mass is 843 g/mol. The van der Waals surface area contributed by atoms with E-state index in [1.165, 1.54) is 44.5 Å². The summed E-state index contributed by atoms with van der Waals surface area (Å²) in [7, 11) is 0. The molecule has 0 saturated heterocycles. The van der Waals surface area contributed by atoms with Gasteiger partial charge in [-0.2, -0.15) is 0 Å². The summed E-state index contributed by atoms with van der Waals surface area (Å²) in [5.74, 6) is 3.51. The SMILES string of the molecule is c1ccc2c(c1)Oc1ccccc1C21c2ccccc2-c2cc(N(c3ccc4c(c3)C3(c5ccccc5Oc5ccccc53)c3ccccc3-4)c3cccc4oc5ccccc5c34)ccc21. The molecule has 3 heterocycles. The number of fused-ring (bicyclic) bond motifs is 21. The molecule has 4 aliphatic rings. The minimum atomic E-state index is -0.625. The number of para-hydroxylation sites is 5. The van der Waals surface area contributed by atoms with E-state index in [0.717, 1.165) is 84.3 Å². The number of hydrogen-bond acceptors (Lipinski definition) is 4. The van der Waals surface area contributed by atoms with Gasteiger partial charge >= 0.3 is 0 Å². The van der Waals surface area contributed by atoms with E-state index in [0.29, 0.717) is 0 Å². The topological polar surface area (TPSA) is 34.8 Å². The average molecular weight is 844 g/mol. The van der Waals surface area contributed by atoms with Crippen molar-refractivity contribution in [1.82, 2.24) is 0 Å². The second-order valence-electron chi connectivity index (χ2n) is 17.8. The molecule has 11 aromatic rings. The molecule has 0 atom stereocenters. The first-order valence-electron chi connectivity index (χ1n) is 22.7. The number of nitrogens with zero attached hydrogens (tertiary/aromatic N) is 1. The molecule has 15 rings (SSSR count). The first kappa shape index (κ1) is 35.8. The molecule has 0 bridgehead atoms. The molecule has 2 spiro atoms. The van der Waals surface area contributed by atoms with E-state index in [2.05, 4.69) is 223 Å². The molecule has 4 heteroatoms. The van der Waals surface area contributed by atoms with Crippen LogP contribution in [0.1, 0.15) is 44.5 Å². The lowest BCUT2D eigenvalue weighted by Crippen LogP contribution is -2.32. The Bertz CT molecular complexity index is 3790. The highest BCUT2D eigenvalue weighted by molar-refractivity contribution is 6.13. The van der Waals surface area contributed by atoms with Crippen molar-refractivity contribution in [1.29, 1.82) is 0 Å². The van der Waals surface area contributed by atoms with Crippen LogP contribution < -0.4 is 14.4 Å². The molecular formula is C62H37NO3. The Hall–Kier alpha value is -8.60. The van der Waals surface area contributed by atoms with Gasteiger partial charge in [0.05, 0.1) is 21.9 Å². The highest BCUT2D eigenvalue weighted by atomic mass is 16.5. The lowest BCUT2D eigenvalue weighted by atomic mass is 9.66. The summed E-state index contributed by atoms with van der Waals surface area (Å²) in [6, 6.07) is 81.2. The van der Waals surface area contributed by atoms with Crippen LogP contribution in [0.5, 0.6) is 23.0 Å². The summed E-state index contributed by atoms with van der Waals surface area (Å²) in [6.45, 7) is 0. The Morgan fingerprint density at radius 1 is 0.303 bits per heavy atom. The smallest absolute Gasteiger partial charge is 0.137 e. The van der Waals surface area contributed by atoms with Crippen LogP contribution in [-0.4, -0.2) is 0 Å². The van der Waals surface area contributed by atoms with Gasteiger partial charge in [-0.3, -0.25) is 0 Å². The molecule has 0 saturated carbocycles. The van der Waals surface area contributed by atoms with E-state index in [9.17, 15) is 0 Å². The maximum Gasteiger partial charge on any atom is 0.137 e. The van der Waals surface area contributed by atoms with Gasteiger partial charge in [-0.15, -0.1) is 0 Å². The Labute approximate surface area is 381 Å². The van der Waals surface area contributed by atoms with E-state index in [1.807, 2.05) is 6.07 Å². The van der Waals surface area contributed by atoms with Crippen LogP contribution in [0.25, 0.3) is 44.2 Å². The van der Waals surface area contributed by atoms with Gasteiger partial charge in [0.25, 0.3) is 0 Å². The Morgan fingerprint density at radius 2 is 0.742 bits per heavy atom. The van der Waals surface area contributed by atoms with Crippen molar-refractivity contribution in [2.45, 2.75) is 10.8 Å². The summed E-state index contributed by atoms with van der Waals surface area (Å²) in [6.07, 6.45) is 0. The van der Waals surface area contributed by atoms with Gasteiger partial charge in [0.2, 0.25) is 0 Å². The highest BCUT2D eigenvalue weighted by Crippen LogP contribution is 2.65. The highest BCUT2D eigenvalue weighted by Gasteiger charge is 2.53. The fraction of sp³-hybridized carbons (Fsp3) is 0.0323. The number of anilines is 3. The van der Waals surface area contributed by atoms with Crippen molar-refractivity contribution in [3.63, 3.8) is 0 Å². The van der Waals surface area contributed by atoms with Gasteiger partial charge in [0.15, 0.2) is 0 Å². The van der Waals surface area contributed by atoms with E-state index in [4.69, 9.17) is 13.9 Å². The Morgan fingerprint density at radius 3 is 1.36 bits per heavy atom. The minimum Gasteiger partial charge on any atom is -0.457 e. The third-order valence-electron chi connectivity index (χ3n) is 14.8. The van der Waals surface area contributed by atoms with Crippen LogP contribution in [0.15, 0.2) is 229 Å². The summed E-state index contributed by atoms with van der Waals surface area (Å²) in [4.78, 5) is 2.46. The van der Waals surface area contributed by atoms with Crippen LogP contribution in [0.2, 0.25) is 0 Å². The van der Waals surface area contributed by atoms with Gasteiger partial charge in [-0.05, 0) is 111 Å². The molecule has 0 radical (unpaired) electrons. The van der Waals surface area contributed by atoms with Crippen LogP contribution in [0.4, 0.5) is 17.1 Å². The fourth-order valence-corrected chi connectivity index (χ4v) is 12.3. The number of benzene rings is 10. The minimum absolute atomic E-state index is 0.572. The summed E-state index contributed by atoms with van der Waals surface area (Å²) in [5.41, 5.74) is 18.0. The quantitative estimate of drug-likeness (QED) is 0.177. The molecule has 0 unspecified atom stereocenters. The maximum atomic E-state index is 6.72. The largest absolute Gasteiger partial charge is 0.457 e. The molecule has 66 heavy (non-hydrogen) atoms. The first-order chi connectivity index (χ1) is 32.7. The summed E-state index contributed by atoms with van der Waals surface area (Å²) in [5, 5.41) is 2.14. The molecule has 2 aliphatic carbocycles. The van der Waals surface area contributed by atoms with Crippen molar-refractivity contribution in [2.24, 2.45) is 0 Å². The molecule has 4 nitrogen and oxygen atoms in total. The zero-order valence-corrected chi connectivity index (χ0v) is 35.5. The third-order valence-corrected chi connectivity index (χ3v) is 14.8. The van der Waals surface area contributed by atoms with Gasteiger partial charge in [0, 0.05) is 39.0 Å². The predicted octanol–water partition coefficient (Wildman–Crippen LogP) is 16.0. The molecular weight excluding hydrogens is 807 g/mol. The summed E-state index contributed by atoms with van der Waals surface area (Å²) < 4.78 is 20.0. The molecule has 0 amide bonds. The fourth-order valence-electron chi connectivity index (χ4n) is 12.3. The molecule has 2 aliphatic heterocycles. The van der Waals surface area contributed by atoms with Crippen molar-refractivity contribution < 1.29 is 13.9 Å². The number of furan rings is 1. The van der Waals surface area contributed by atoms with Crippen molar-refractivity contribution in [3.05, 3.63) is 269 Å². The molecule has 0 fully saturated rings. The second kappa shape index (κ2) is 13.0. The Balaban J connectivity index is 1.03. The van der Waals surface area contributed by atoms with E-state index < -0.39 is 10.8 Å². The standard InChI is InChI=1S/C62H37NO3/c1-4-19-45-40(16-1)42-34-32-39(37-52(42)62(45)50-23-8-13-29-57(50)66-58-30-14-9-24-51(58)62)63(53-25-15-31-59-60(53)43-18-3-10-26-54(43)64-59)38-33-35-47-44(36-38)41-17-2-5-20-46(41)61(47)48-21-6-11-27-55(48)65-56-28-12-7-22-49(56)61/h1-37H. The predicted molar refractivity (Wildman–Crippen MR) is 263 cm³/mol. The number of ether oxygens (including phenoxy) is 2. The number of rotatable bonds is 3. The molecule has 0 N–H and O–H groups in total. The zero-order chi connectivity index (χ0) is 43.1. The average Bonchev–Trinajstić information content (AvgIpc) is 4.00. The van der Waals surface area contributed by atoms with Crippen LogP contribution >= 0.6 is 0 Å². The van der Waals surface area contributed by atoms with Crippen molar-refractivity contribution >= 4 is 39.0 Å². The van der Waals surface area contributed by atoms with Crippen LogP contribution in [-0.2, 0) is 10.8 Å².